The van der Waals surface area contributed by atoms with Gasteiger partial charge in [0.2, 0.25) is 0 Å². The van der Waals surface area contributed by atoms with E-state index in [0.29, 0.717) is 11.5 Å². The highest BCUT2D eigenvalue weighted by atomic mass is 35.5. The Hall–Kier alpha value is -1.48. The van der Waals surface area contributed by atoms with Crippen LogP contribution in [0.5, 0.6) is 0 Å². The lowest BCUT2D eigenvalue weighted by Crippen LogP contribution is -1.98. The number of hydrogen-bond donors (Lipinski definition) is 2. The quantitative estimate of drug-likeness (QED) is 0.675. The minimum absolute atomic E-state index is 0. The molecule has 0 fully saturated rings. The topological polar surface area (TPSA) is 64.9 Å². The highest BCUT2D eigenvalue weighted by Gasteiger charge is 2.05. The van der Waals surface area contributed by atoms with Gasteiger partial charge in [-0.15, -0.1) is 12.4 Å². The number of benzene rings is 1. The highest BCUT2D eigenvalue weighted by Crippen LogP contribution is 2.26. The van der Waals surface area contributed by atoms with Crippen molar-refractivity contribution in [2.75, 3.05) is 11.5 Å². The molecule has 2 rings (SSSR count). The van der Waals surface area contributed by atoms with Gasteiger partial charge in [0.1, 0.15) is 5.82 Å². The lowest BCUT2D eigenvalue weighted by Gasteiger charge is -2.08. The molecule has 0 saturated heterocycles. The maximum atomic E-state index is 5.83. The summed E-state index contributed by atoms with van der Waals surface area (Å²) in [6, 6.07) is 5.74. The van der Waals surface area contributed by atoms with Crippen LogP contribution in [0.15, 0.2) is 18.2 Å². The van der Waals surface area contributed by atoms with Gasteiger partial charge in [0.15, 0.2) is 0 Å². The number of pyridine rings is 1. The molecule has 0 amide bonds. The monoisotopic (exact) mass is 223 g/mol. The molecule has 3 nitrogen and oxygen atoms in total. The molecule has 4 heteroatoms. The molecule has 0 aliphatic carbocycles. The summed E-state index contributed by atoms with van der Waals surface area (Å²) >= 11 is 0. The first-order valence-electron chi connectivity index (χ1n) is 4.51. The summed E-state index contributed by atoms with van der Waals surface area (Å²) in [5, 5.41) is 2.07. The van der Waals surface area contributed by atoms with Gasteiger partial charge in [-0.25, -0.2) is 4.98 Å². The van der Waals surface area contributed by atoms with E-state index < -0.39 is 0 Å². The molecule has 0 bridgehead atoms. The fourth-order valence-electron chi connectivity index (χ4n) is 1.62. The summed E-state index contributed by atoms with van der Waals surface area (Å²) in [6.07, 6.45) is 0. The fourth-order valence-corrected chi connectivity index (χ4v) is 1.62. The second kappa shape index (κ2) is 3.95. The van der Waals surface area contributed by atoms with Gasteiger partial charge < -0.3 is 11.5 Å². The molecule has 2 aromatic rings. The molecule has 4 N–H and O–H groups in total. The summed E-state index contributed by atoms with van der Waals surface area (Å²) in [7, 11) is 0. The van der Waals surface area contributed by atoms with E-state index in [2.05, 4.69) is 4.98 Å². The Balaban J connectivity index is 0.00000112. The molecule has 0 spiro atoms. The van der Waals surface area contributed by atoms with Gasteiger partial charge >= 0.3 is 0 Å². The Kier molecular flexibility index (Phi) is 3.05. The third-order valence-corrected chi connectivity index (χ3v) is 2.55. The molecule has 0 unspecified atom stereocenters. The van der Waals surface area contributed by atoms with Crippen LogP contribution in [0.1, 0.15) is 11.3 Å². The van der Waals surface area contributed by atoms with Gasteiger partial charge in [0.25, 0.3) is 0 Å². The van der Waals surface area contributed by atoms with Gasteiger partial charge in [-0.2, -0.15) is 0 Å². The molecule has 0 radical (unpaired) electrons. The SMILES string of the molecule is Cc1nc(N)c2cc(N)ccc2c1C.Cl. The maximum absolute atomic E-state index is 5.83. The molecule has 15 heavy (non-hydrogen) atoms. The summed E-state index contributed by atoms with van der Waals surface area (Å²) < 4.78 is 0. The van der Waals surface area contributed by atoms with Crippen molar-refractivity contribution in [3.8, 4) is 0 Å². The Labute approximate surface area is 94.9 Å². The Morgan fingerprint density at radius 3 is 2.40 bits per heavy atom. The largest absolute Gasteiger partial charge is 0.399 e. The van der Waals surface area contributed by atoms with Gasteiger partial charge in [0, 0.05) is 16.8 Å². The standard InChI is InChI=1S/C11H13N3.ClH/c1-6-7(2)14-11(13)10-5-8(12)3-4-9(6)10;/h3-5H,12H2,1-2H3,(H2,13,14);1H. The number of anilines is 2. The number of aryl methyl sites for hydroxylation is 2. The van der Waals surface area contributed by atoms with Crippen LogP contribution < -0.4 is 11.5 Å². The zero-order valence-corrected chi connectivity index (χ0v) is 9.56. The number of aromatic nitrogens is 1. The van der Waals surface area contributed by atoms with Crippen LogP contribution in [-0.4, -0.2) is 4.98 Å². The second-order valence-corrected chi connectivity index (χ2v) is 3.51. The van der Waals surface area contributed by atoms with Crippen molar-refractivity contribution in [2.45, 2.75) is 13.8 Å². The third kappa shape index (κ3) is 1.83. The first-order valence-corrected chi connectivity index (χ1v) is 4.51. The smallest absolute Gasteiger partial charge is 0.131 e. The van der Waals surface area contributed by atoms with Crippen LogP contribution in [0.4, 0.5) is 11.5 Å². The Bertz CT molecular complexity index is 509. The number of fused-ring (bicyclic) bond motifs is 1. The molecular formula is C11H14ClN3. The van der Waals surface area contributed by atoms with E-state index in [4.69, 9.17) is 11.5 Å². The number of halogens is 1. The molecule has 1 aromatic heterocycles. The van der Waals surface area contributed by atoms with Crippen molar-refractivity contribution in [1.29, 1.82) is 0 Å². The first kappa shape index (κ1) is 11.6. The molecule has 0 saturated carbocycles. The van der Waals surface area contributed by atoms with Crippen molar-refractivity contribution in [1.82, 2.24) is 4.98 Å². The van der Waals surface area contributed by atoms with Crippen molar-refractivity contribution >= 4 is 34.7 Å². The van der Waals surface area contributed by atoms with Crippen LogP contribution in [0.2, 0.25) is 0 Å². The predicted molar refractivity (Wildman–Crippen MR) is 67.3 cm³/mol. The van der Waals surface area contributed by atoms with Crippen LogP contribution in [0.3, 0.4) is 0 Å². The van der Waals surface area contributed by atoms with Crippen LogP contribution >= 0.6 is 12.4 Å². The van der Waals surface area contributed by atoms with E-state index in [1.54, 1.807) is 0 Å². The fraction of sp³-hybridized carbons (Fsp3) is 0.182. The number of nitrogens with two attached hydrogens (primary N) is 2. The van der Waals surface area contributed by atoms with Crippen molar-refractivity contribution in [3.63, 3.8) is 0 Å². The van der Waals surface area contributed by atoms with Crippen molar-refractivity contribution < 1.29 is 0 Å². The van der Waals surface area contributed by atoms with E-state index in [9.17, 15) is 0 Å². The summed E-state index contributed by atoms with van der Waals surface area (Å²) in [5.74, 6) is 0.551. The van der Waals surface area contributed by atoms with Crippen molar-refractivity contribution in [2.24, 2.45) is 0 Å². The maximum Gasteiger partial charge on any atom is 0.131 e. The first-order chi connectivity index (χ1) is 6.59. The summed E-state index contributed by atoms with van der Waals surface area (Å²) in [4.78, 5) is 4.26. The van der Waals surface area contributed by atoms with Crippen LogP contribution in [-0.2, 0) is 0 Å². The number of nitrogens with zero attached hydrogens (tertiary/aromatic N) is 1. The molecule has 1 aromatic carbocycles. The number of hydrogen-bond acceptors (Lipinski definition) is 3. The van der Waals surface area contributed by atoms with Gasteiger partial charge in [-0.05, 0) is 36.9 Å². The normalized spacial score (nSPS) is 10.0. The molecule has 80 valence electrons. The average Bonchev–Trinajstić information content (AvgIpc) is 2.14. The van der Waals surface area contributed by atoms with E-state index in [-0.39, 0.29) is 12.4 Å². The predicted octanol–water partition coefficient (Wildman–Crippen LogP) is 2.44. The van der Waals surface area contributed by atoms with E-state index in [1.165, 1.54) is 0 Å². The van der Waals surface area contributed by atoms with Crippen LogP contribution in [0.25, 0.3) is 10.8 Å². The van der Waals surface area contributed by atoms with E-state index >= 15 is 0 Å². The summed E-state index contributed by atoms with van der Waals surface area (Å²) in [5.41, 5.74) is 14.4. The molecule has 1 heterocycles. The van der Waals surface area contributed by atoms with Gasteiger partial charge in [-0.3, -0.25) is 0 Å². The molecule has 0 aliphatic heterocycles. The van der Waals surface area contributed by atoms with E-state index in [1.807, 2.05) is 32.0 Å². The molecular weight excluding hydrogens is 210 g/mol. The van der Waals surface area contributed by atoms with Gasteiger partial charge in [0.05, 0.1) is 0 Å². The van der Waals surface area contributed by atoms with E-state index in [0.717, 1.165) is 22.0 Å². The lowest BCUT2D eigenvalue weighted by atomic mass is 10.0. The Morgan fingerprint density at radius 1 is 1.07 bits per heavy atom. The third-order valence-electron chi connectivity index (χ3n) is 2.55. The molecule has 0 atom stereocenters. The highest BCUT2D eigenvalue weighted by molar-refractivity contribution is 5.95. The Morgan fingerprint density at radius 2 is 1.73 bits per heavy atom. The lowest BCUT2D eigenvalue weighted by molar-refractivity contribution is 1.19. The van der Waals surface area contributed by atoms with Crippen LogP contribution in [0, 0.1) is 13.8 Å². The molecule has 0 aliphatic rings. The minimum atomic E-state index is 0. The zero-order valence-electron chi connectivity index (χ0n) is 8.74. The average molecular weight is 224 g/mol. The van der Waals surface area contributed by atoms with Crippen molar-refractivity contribution in [3.05, 3.63) is 29.5 Å². The van der Waals surface area contributed by atoms with Gasteiger partial charge in [-0.1, -0.05) is 6.07 Å². The minimum Gasteiger partial charge on any atom is -0.399 e. The summed E-state index contributed by atoms with van der Waals surface area (Å²) in [6.45, 7) is 4.00. The number of nitrogen functional groups attached to an aromatic ring is 2. The zero-order chi connectivity index (χ0) is 10.3. The second-order valence-electron chi connectivity index (χ2n) is 3.51. The number of rotatable bonds is 0.